The SMILES string of the molecule is N#Cc1cnc2c(N[C@@H](c3cccc(-c4ncco4)c3)c3cn(C4CC4)nn3)cc(Cl)cc2c1Nc1cnc(F)c(F)c1. The summed E-state index contributed by atoms with van der Waals surface area (Å²) >= 11 is 6.61. The number of fused-ring (bicyclic) bond motifs is 1. The van der Waals surface area contributed by atoms with Gasteiger partial charge in [0, 0.05) is 28.2 Å². The molecule has 13 heteroatoms. The van der Waals surface area contributed by atoms with Crippen LogP contribution >= 0.6 is 11.6 Å². The van der Waals surface area contributed by atoms with Crippen LogP contribution in [0.1, 0.15) is 41.7 Å². The predicted molar refractivity (Wildman–Crippen MR) is 155 cm³/mol. The third-order valence-corrected chi connectivity index (χ3v) is 7.28. The molecule has 0 aliphatic heterocycles. The molecule has 10 nitrogen and oxygen atoms in total. The highest BCUT2D eigenvalue weighted by molar-refractivity contribution is 6.32. The molecule has 0 bridgehead atoms. The Balaban J connectivity index is 1.34. The largest absolute Gasteiger partial charge is 0.445 e. The van der Waals surface area contributed by atoms with Crippen molar-refractivity contribution in [3.05, 3.63) is 107 Å². The lowest BCUT2D eigenvalue weighted by Gasteiger charge is -2.21. The molecule has 0 unspecified atom stereocenters. The van der Waals surface area contributed by atoms with Crippen molar-refractivity contribution in [3.8, 4) is 17.5 Å². The van der Waals surface area contributed by atoms with Crippen LogP contribution in [0.5, 0.6) is 0 Å². The van der Waals surface area contributed by atoms with E-state index in [4.69, 9.17) is 16.0 Å². The van der Waals surface area contributed by atoms with E-state index in [1.807, 2.05) is 35.1 Å². The number of aromatic nitrogens is 6. The van der Waals surface area contributed by atoms with Gasteiger partial charge in [0.15, 0.2) is 5.82 Å². The second kappa shape index (κ2) is 10.8. The molecule has 1 saturated carbocycles. The molecule has 4 heterocycles. The fraction of sp³-hybridized carbons (Fsp3) is 0.133. The molecule has 4 aromatic heterocycles. The average Bonchev–Trinajstić information content (AvgIpc) is 3.48. The number of pyridine rings is 2. The van der Waals surface area contributed by atoms with Gasteiger partial charge in [0.2, 0.25) is 11.8 Å². The fourth-order valence-corrected chi connectivity index (χ4v) is 5.09. The summed E-state index contributed by atoms with van der Waals surface area (Å²) in [6.07, 6.45) is 9.65. The van der Waals surface area contributed by atoms with Crippen LogP contribution < -0.4 is 10.6 Å². The number of hydrogen-bond donors (Lipinski definition) is 2. The van der Waals surface area contributed by atoms with E-state index in [1.165, 1.54) is 12.5 Å². The summed E-state index contributed by atoms with van der Waals surface area (Å²) in [5.74, 6) is -1.88. The Hall–Kier alpha value is -5.41. The first-order valence-corrected chi connectivity index (χ1v) is 13.6. The minimum atomic E-state index is -1.23. The molecule has 212 valence electrons. The smallest absolute Gasteiger partial charge is 0.249 e. The summed E-state index contributed by atoms with van der Waals surface area (Å²) in [6, 6.07) is 14.0. The van der Waals surface area contributed by atoms with Crippen LogP contribution in [-0.4, -0.2) is 29.9 Å². The standard InChI is InChI=1S/C30H20ClF2N9O/c31-19-9-22-26(38-20-11-23(32)29(33)37-14-20)18(12-34)13-36-28(22)24(10-19)39-27(25-15-42(41-40-25)21-4-5-21)16-2-1-3-17(8-16)30-35-6-7-43-30/h1-3,6-11,13-15,21,27,39H,4-5H2,(H,36,38)/t27-/m0/s1. The van der Waals surface area contributed by atoms with E-state index in [0.29, 0.717) is 44.9 Å². The van der Waals surface area contributed by atoms with Crippen LogP contribution in [0, 0.1) is 23.1 Å². The zero-order valence-electron chi connectivity index (χ0n) is 22.2. The number of rotatable bonds is 8. The molecular formula is C30H20ClF2N9O. The molecule has 1 fully saturated rings. The topological polar surface area (TPSA) is 130 Å². The van der Waals surface area contributed by atoms with Crippen molar-refractivity contribution in [2.45, 2.75) is 24.9 Å². The highest BCUT2D eigenvalue weighted by atomic mass is 35.5. The zero-order chi connectivity index (χ0) is 29.5. The zero-order valence-corrected chi connectivity index (χ0v) is 22.9. The first-order chi connectivity index (χ1) is 21.0. The maximum absolute atomic E-state index is 13.9. The Morgan fingerprint density at radius 1 is 1.09 bits per heavy atom. The monoisotopic (exact) mass is 595 g/mol. The van der Waals surface area contributed by atoms with Crippen LogP contribution in [0.4, 0.5) is 25.8 Å². The van der Waals surface area contributed by atoms with E-state index >= 15 is 0 Å². The van der Waals surface area contributed by atoms with Crippen LogP contribution in [0.15, 0.2) is 77.9 Å². The maximum atomic E-state index is 13.9. The number of oxazole rings is 1. The van der Waals surface area contributed by atoms with Crippen molar-refractivity contribution in [2.75, 3.05) is 10.6 Å². The number of nitriles is 1. The molecule has 7 rings (SSSR count). The minimum absolute atomic E-state index is 0.148. The number of hydrogen-bond acceptors (Lipinski definition) is 9. The molecule has 1 aliphatic carbocycles. The molecule has 2 aromatic carbocycles. The molecule has 2 N–H and O–H groups in total. The van der Waals surface area contributed by atoms with Gasteiger partial charge in [-0.1, -0.05) is 28.9 Å². The normalized spacial score (nSPS) is 13.5. The Morgan fingerprint density at radius 3 is 2.74 bits per heavy atom. The van der Waals surface area contributed by atoms with Gasteiger partial charge in [-0.15, -0.1) is 5.10 Å². The van der Waals surface area contributed by atoms with Gasteiger partial charge in [-0.2, -0.15) is 9.65 Å². The summed E-state index contributed by atoms with van der Waals surface area (Å²) < 4.78 is 34.8. The van der Waals surface area contributed by atoms with E-state index < -0.39 is 17.8 Å². The van der Waals surface area contributed by atoms with Gasteiger partial charge in [0.1, 0.15) is 18.0 Å². The van der Waals surface area contributed by atoms with E-state index in [-0.39, 0.29) is 11.3 Å². The summed E-state index contributed by atoms with van der Waals surface area (Å²) in [4.78, 5) is 12.3. The number of nitrogens with one attached hydrogen (secondary N) is 2. The Bertz CT molecular complexity index is 2020. The summed E-state index contributed by atoms with van der Waals surface area (Å²) in [5.41, 5.74) is 3.96. The number of halogens is 3. The first-order valence-electron chi connectivity index (χ1n) is 13.3. The molecule has 43 heavy (non-hydrogen) atoms. The lowest BCUT2D eigenvalue weighted by Crippen LogP contribution is -2.14. The van der Waals surface area contributed by atoms with E-state index in [1.54, 1.807) is 18.3 Å². The second-order valence-corrected chi connectivity index (χ2v) is 10.5. The highest BCUT2D eigenvalue weighted by Gasteiger charge is 2.28. The van der Waals surface area contributed by atoms with Crippen LogP contribution in [0.2, 0.25) is 5.02 Å². The molecule has 0 amide bonds. The number of benzene rings is 2. The maximum Gasteiger partial charge on any atom is 0.249 e. The van der Waals surface area contributed by atoms with Crippen molar-refractivity contribution in [1.82, 2.24) is 29.9 Å². The van der Waals surface area contributed by atoms with Crippen molar-refractivity contribution in [3.63, 3.8) is 0 Å². The van der Waals surface area contributed by atoms with Gasteiger partial charge in [-0.3, -0.25) is 4.98 Å². The molecule has 1 atom stereocenters. The van der Waals surface area contributed by atoms with Crippen molar-refractivity contribution in [2.24, 2.45) is 0 Å². The summed E-state index contributed by atoms with van der Waals surface area (Å²) in [7, 11) is 0. The van der Waals surface area contributed by atoms with Gasteiger partial charge in [-0.05, 0) is 42.7 Å². The second-order valence-electron chi connectivity index (χ2n) is 10.0. The third kappa shape index (κ3) is 5.22. The number of nitrogens with zero attached hydrogens (tertiary/aromatic N) is 7. The van der Waals surface area contributed by atoms with Gasteiger partial charge in [-0.25, -0.2) is 19.0 Å². The Kier molecular flexibility index (Phi) is 6.64. The Labute approximate surface area is 248 Å². The lowest BCUT2D eigenvalue weighted by molar-refractivity contribution is 0.480. The van der Waals surface area contributed by atoms with Gasteiger partial charge in [0.05, 0.1) is 58.8 Å². The molecular weight excluding hydrogens is 576 g/mol. The first kappa shape index (κ1) is 26.5. The van der Waals surface area contributed by atoms with Gasteiger partial charge < -0.3 is 15.1 Å². The fourth-order valence-electron chi connectivity index (χ4n) is 4.87. The third-order valence-electron chi connectivity index (χ3n) is 7.07. The lowest BCUT2D eigenvalue weighted by atomic mass is 10.0. The van der Waals surface area contributed by atoms with Gasteiger partial charge in [0.25, 0.3) is 0 Å². The number of anilines is 3. The van der Waals surface area contributed by atoms with E-state index in [2.05, 4.69) is 42.0 Å². The van der Waals surface area contributed by atoms with E-state index in [9.17, 15) is 14.0 Å². The van der Waals surface area contributed by atoms with Gasteiger partial charge >= 0.3 is 0 Å². The van der Waals surface area contributed by atoms with Crippen LogP contribution in [-0.2, 0) is 0 Å². The van der Waals surface area contributed by atoms with Crippen molar-refractivity contribution >= 4 is 39.6 Å². The van der Waals surface area contributed by atoms with Crippen molar-refractivity contribution < 1.29 is 13.2 Å². The quantitative estimate of drug-likeness (QED) is 0.179. The molecule has 0 saturated heterocycles. The average molecular weight is 596 g/mol. The van der Waals surface area contributed by atoms with Crippen LogP contribution in [0.25, 0.3) is 22.4 Å². The molecule has 0 radical (unpaired) electrons. The van der Waals surface area contributed by atoms with E-state index in [0.717, 1.165) is 36.2 Å². The molecule has 0 spiro atoms. The molecule has 6 aromatic rings. The highest BCUT2D eigenvalue weighted by Crippen LogP contribution is 2.39. The molecule has 1 aliphatic rings. The summed E-state index contributed by atoms with van der Waals surface area (Å²) in [5, 5.41) is 26.0. The predicted octanol–water partition coefficient (Wildman–Crippen LogP) is 6.96. The minimum Gasteiger partial charge on any atom is -0.445 e. The summed E-state index contributed by atoms with van der Waals surface area (Å²) in [6.45, 7) is 0. The van der Waals surface area contributed by atoms with Crippen molar-refractivity contribution in [1.29, 1.82) is 5.26 Å². The Morgan fingerprint density at radius 2 is 1.98 bits per heavy atom. The van der Waals surface area contributed by atoms with Crippen LogP contribution in [0.3, 0.4) is 0 Å².